The number of morpholine rings is 1. The summed E-state index contributed by atoms with van der Waals surface area (Å²) in [7, 11) is 1.93. The first kappa shape index (κ1) is 30.0. The number of carbonyl (C=O) groups is 1. The van der Waals surface area contributed by atoms with Crippen LogP contribution in [-0.4, -0.2) is 81.9 Å². The number of halogens is 1. The maximum absolute atomic E-state index is 13.3. The third-order valence-electron chi connectivity index (χ3n) is 8.50. The molecule has 3 fully saturated rings. The summed E-state index contributed by atoms with van der Waals surface area (Å²) in [5.41, 5.74) is 4.46. The summed E-state index contributed by atoms with van der Waals surface area (Å²) in [6.07, 6.45) is 6.21. The van der Waals surface area contributed by atoms with E-state index in [1.165, 1.54) is 49.9 Å². The molecule has 6 nitrogen and oxygen atoms in total. The summed E-state index contributed by atoms with van der Waals surface area (Å²) in [5, 5.41) is 0. The number of nitrogens with zero attached hydrogens (tertiary/aromatic N) is 4. The van der Waals surface area contributed by atoms with Crippen LogP contribution < -0.4 is 9.80 Å². The number of hydrogen-bond acceptors (Lipinski definition) is 4. The molecular formula is C30H51ClN4O2. The van der Waals surface area contributed by atoms with Gasteiger partial charge in [-0.25, -0.2) is 4.79 Å². The number of benzene rings is 1. The molecule has 4 rings (SSSR count). The molecule has 1 aliphatic carbocycles. The summed E-state index contributed by atoms with van der Waals surface area (Å²) in [5.74, 6) is 0.503. The van der Waals surface area contributed by atoms with Crippen LogP contribution in [0.2, 0.25) is 0 Å². The maximum atomic E-state index is 13.3. The molecule has 2 aliphatic heterocycles. The van der Waals surface area contributed by atoms with E-state index in [-0.39, 0.29) is 18.4 Å². The van der Waals surface area contributed by atoms with E-state index in [2.05, 4.69) is 62.6 Å². The van der Waals surface area contributed by atoms with Gasteiger partial charge in [-0.05, 0) is 72.7 Å². The number of hydrogen-bond donors (Lipinski definition) is 0. The Bertz CT molecular complexity index is 876. The standard InChI is InChI=1S/C30H50N4O2.ClH/c1-7-8-11-32-12-14-33(15-13-32)27-10-9-25(31(6)28(35)34-16-18-36-19-17-34)20-26(27)24-21-29(2,3)23-30(4,5)22-24;/h9-10,20,24H,7-8,11-19,21-23H2,1-6H3;1H. The molecule has 1 aromatic carbocycles. The number of unbranched alkanes of at least 4 members (excludes halogenated alkanes) is 1. The van der Waals surface area contributed by atoms with E-state index in [1.807, 2.05) is 16.8 Å². The normalized spacial score (nSPS) is 22.4. The minimum atomic E-state index is 0. The van der Waals surface area contributed by atoms with Crippen LogP contribution >= 0.6 is 12.4 Å². The molecule has 2 heterocycles. The van der Waals surface area contributed by atoms with Gasteiger partial charge in [0.2, 0.25) is 0 Å². The molecule has 2 saturated heterocycles. The highest BCUT2D eigenvalue weighted by Crippen LogP contribution is 2.53. The number of piperazine rings is 1. The predicted octanol–water partition coefficient (Wildman–Crippen LogP) is 6.24. The van der Waals surface area contributed by atoms with Crippen molar-refractivity contribution in [2.45, 2.75) is 72.6 Å². The van der Waals surface area contributed by atoms with Gasteiger partial charge in [-0.2, -0.15) is 0 Å². The summed E-state index contributed by atoms with van der Waals surface area (Å²) in [6, 6.07) is 6.90. The van der Waals surface area contributed by atoms with Gasteiger partial charge in [-0.1, -0.05) is 41.0 Å². The number of amides is 2. The molecule has 1 aromatic rings. The van der Waals surface area contributed by atoms with E-state index in [4.69, 9.17) is 4.74 Å². The molecular weight excluding hydrogens is 484 g/mol. The zero-order valence-electron chi connectivity index (χ0n) is 24.2. The topological polar surface area (TPSA) is 39.3 Å². The van der Waals surface area contributed by atoms with Gasteiger partial charge < -0.3 is 14.5 Å². The van der Waals surface area contributed by atoms with E-state index in [9.17, 15) is 4.79 Å². The van der Waals surface area contributed by atoms with Gasteiger partial charge in [-0.3, -0.25) is 9.80 Å². The zero-order chi connectivity index (χ0) is 25.9. The van der Waals surface area contributed by atoms with Crippen LogP contribution in [0.1, 0.15) is 78.2 Å². The van der Waals surface area contributed by atoms with E-state index in [1.54, 1.807) is 0 Å². The van der Waals surface area contributed by atoms with Crippen molar-refractivity contribution < 1.29 is 9.53 Å². The van der Waals surface area contributed by atoms with Gasteiger partial charge in [0, 0.05) is 57.7 Å². The van der Waals surface area contributed by atoms with E-state index in [0.29, 0.717) is 43.1 Å². The Morgan fingerprint density at radius 3 is 2.22 bits per heavy atom. The lowest BCUT2D eigenvalue weighted by Crippen LogP contribution is -2.47. The van der Waals surface area contributed by atoms with Crippen LogP contribution in [0, 0.1) is 10.8 Å². The quantitative estimate of drug-likeness (QED) is 0.433. The van der Waals surface area contributed by atoms with E-state index in [0.717, 1.165) is 31.9 Å². The second-order valence-corrected chi connectivity index (χ2v) is 13.0. The number of carbonyl (C=O) groups excluding carboxylic acids is 1. The molecule has 3 aliphatic rings. The Morgan fingerprint density at radius 2 is 1.62 bits per heavy atom. The Kier molecular flexibility index (Phi) is 10.2. The largest absolute Gasteiger partial charge is 0.378 e. The van der Waals surface area contributed by atoms with Crippen molar-refractivity contribution in [1.29, 1.82) is 0 Å². The van der Waals surface area contributed by atoms with Crippen LogP contribution in [-0.2, 0) is 4.74 Å². The van der Waals surface area contributed by atoms with Crippen molar-refractivity contribution in [3.05, 3.63) is 23.8 Å². The molecule has 0 N–H and O–H groups in total. The van der Waals surface area contributed by atoms with Crippen molar-refractivity contribution in [1.82, 2.24) is 9.80 Å². The predicted molar refractivity (Wildman–Crippen MR) is 158 cm³/mol. The first-order chi connectivity index (χ1) is 17.1. The lowest BCUT2D eigenvalue weighted by Gasteiger charge is -2.46. The number of urea groups is 1. The second kappa shape index (κ2) is 12.6. The lowest BCUT2D eigenvalue weighted by molar-refractivity contribution is 0.0551. The third-order valence-corrected chi connectivity index (χ3v) is 8.50. The molecule has 7 heteroatoms. The zero-order valence-corrected chi connectivity index (χ0v) is 25.0. The van der Waals surface area contributed by atoms with Gasteiger partial charge in [0.15, 0.2) is 0 Å². The fourth-order valence-electron chi connectivity index (χ4n) is 7.10. The van der Waals surface area contributed by atoms with Crippen molar-refractivity contribution in [2.24, 2.45) is 10.8 Å². The Labute approximate surface area is 232 Å². The van der Waals surface area contributed by atoms with Crippen LogP contribution in [0.4, 0.5) is 16.2 Å². The Balaban J connectivity index is 0.00000380. The molecule has 0 aromatic heterocycles. The lowest BCUT2D eigenvalue weighted by atomic mass is 9.60. The molecule has 0 unspecified atom stereocenters. The molecule has 0 atom stereocenters. The van der Waals surface area contributed by atoms with Gasteiger partial charge in [0.25, 0.3) is 0 Å². The summed E-state index contributed by atoms with van der Waals surface area (Å²) >= 11 is 0. The Morgan fingerprint density at radius 1 is 1.00 bits per heavy atom. The molecule has 0 bridgehead atoms. The highest BCUT2D eigenvalue weighted by atomic mass is 35.5. The van der Waals surface area contributed by atoms with Gasteiger partial charge in [0.1, 0.15) is 0 Å². The smallest absolute Gasteiger partial charge is 0.324 e. The van der Waals surface area contributed by atoms with Crippen LogP contribution in [0.15, 0.2) is 18.2 Å². The average Bonchev–Trinajstić information content (AvgIpc) is 2.85. The second-order valence-electron chi connectivity index (χ2n) is 13.0. The fourth-order valence-corrected chi connectivity index (χ4v) is 7.10. The van der Waals surface area contributed by atoms with Crippen molar-refractivity contribution in [3.8, 4) is 0 Å². The molecule has 2 amide bonds. The SMILES string of the molecule is CCCCN1CCN(c2ccc(N(C)C(=O)N3CCOCC3)cc2C2CC(C)(C)CC(C)(C)C2)CC1.Cl. The van der Waals surface area contributed by atoms with Crippen molar-refractivity contribution in [3.63, 3.8) is 0 Å². The first-order valence-corrected chi connectivity index (χ1v) is 14.3. The summed E-state index contributed by atoms with van der Waals surface area (Å²) in [6.45, 7) is 20.3. The van der Waals surface area contributed by atoms with E-state index < -0.39 is 0 Å². The third kappa shape index (κ3) is 7.54. The molecule has 37 heavy (non-hydrogen) atoms. The van der Waals surface area contributed by atoms with Crippen LogP contribution in [0.5, 0.6) is 0 Å². The van der Waals surface area contributed by atoms with E-state index >= 15 is 0 Å². The van der Waals surface area contributed by atoms with Crippen LogP contribution in [0.3, 0.4) is 0 Å². The molecule has 0 spiro atoms. The van der Waals surface area contributed by atoms with Gasteiger partial charge >= 0.3 is 6.03 Å². The minimum Gasteiger partial charge on any atom is -0.378 e. The van der Waals surface area contributed by atoms with Gasteiger partial charge in [0.05, 0.1) is 13.2 Å². The minimum absolute atomic E-state index is 0. The summed E-state index contributed by atoms with van der Waals surface area (Å²) < 4.78 is 5.46. The van der Waals surface area contributed by atoms with Gasteiger partial charge in [-0.15, -0.1) is 12.4 Å². The summed E-state index contributed by atoms with van der Waals surface area (Å²) in [4.78, 5) is 22.3. The first-order valence-electron chi connectivity index (χ1n) is 14.3. The van der Waals surface area contributed by atoms with Crippen molar-refractivity contribution in [2.75, 3.05) is 75.9 Å². The number of rotatable bonds is 6. The molecule has 1 saturated carbocycles. The average molecular weight is 535 g/mol. The van der Waals surface area contributed by atoms with Crippen molar-refractivity contribution >= 4 is 29.8 Å². The Hall–Kier alpha value is -1.50. The number of anilines is 2. The number of ether oxygens (including phenoxy) is 1. The molecule has 0 radical (unpaired) electrons. The monoisotopic (exact) mass is 534 g/mol. The van der Waals surface area contributed by atoms with Crippen LogP contribution in [0.25, 0.3) is 0 Å². The highest BCUT2D eigenvalue weighted by Gasteiger charge is 2.40. The highest BCUT2D eigenvalue weighted by molar-refractivity contribution is 5.92. The maximum Gasteiger partial charge on any atom is 0.324 e. The molecule has 210 valence electrons. The fraction of sp³-hybridized carbons (Fsp3) is 0.767.